The molecule has 18 heavy (non-hydrogen) atoms. The molecule has 0 fully saturated rings. The molecule has 1 atom stereocenters. The molecule has 0 rings (SSSR count). The van der Waals surface area contributed by atoms with Gasteiger partial charge >= 0.3 is 114 Å². The number of esters is 1. The molecule has 0 aromatic heterocycles. The van der Waals surface area contributed by atoms with E-state index in [1.807, 2.05) is 21.6 Å². The van der Waals surface area contributed by atoms with E-state index in [0.717, 1.165) is 37.5 Å². The second-order valence-corrected chi connectivity index (χ2v) is 7.46. The van der Waals surface area contributed by atoms with Gasteiger partial charge in [0.15, 0.2) is 0 Å². The molecule has 0 aliphatic rings. The Kier molecular flexibility index (Phi) is 15.2. The Bertz CT molecular complexity index is 211. The molecular formula is C11H23NO3PoS2. The maximum atomic E-state index is 11.3. The van der Waals surface area contributed by atoms with Crippen molar-refractivity contribution in [3.8, 4) is 0 Å². The van der Waals surface area contributed by atoms with Crippen molar-refractivity contribution in [2.75, 3.05) is 18.1 Å². The zero-order chi connectivity index (χ0) is 13.6. The summed E-state index contributed by atoms with van der Waals surface area (Å²) >= 11 is 0.915. The number of rotatable bonds is 12. The average molecular weight is 490 g/mol. The molecule has 2 N–H and O–H groups in total. The van der Waals surface area contributed by atoms with Gasteiger partial charge in [0.05, 0.1) is 0 Å². The molecule has 0 saturated heterocycles. The molecule has 0 heterocycles. The van der Waals surface area contributed by atoms with E-state index in [2.05, 4.69) is 10.1 Å². The molecule has 0 aromatic rings. The third-order valence-corrected chi connectivity index (χ3v) is 5.81. The van der Waals surface area contributed by atoms with Crippen molar-refractivity contribution in [3.05, 3.63) is 0 Å². The van der Waals surface area contributed by atoms with Gasteiger partial charge in [-0.1, -0.05) is 13.3 Å². The third-order valence-electron chi connectivity index (χ3n) is 2.07. The van der Waals surface area contributed by atoms with Crippen LogP contribution in [0.4, 0.5) is 0 Å². The number of carbonyl (C=O) groups is 1. The number of nitrogens with one attached hydrogen (secondary N) is 1. The Hall–Kier alpha value is 0.986. The van der Waals surface area contributed by atoms with Crippen molar-refractivity contribution in [3.63, 3.8) is 0 Å². The summed E-state index contributed by atoms with van der Waals surface area (Å²) in [7, 11) is 3.74. The van der Waals surface area contributed by atoms with E-state index in [9.17, 15) is 9.90 Å². The number of ether oxygens (including phenoxy) is 1. The van der Waals surface area contributed by atoms with Gasteiger partial charge in [0.2, 0.25) is 0 Å². The Morgan fingerprint density at radius 3 is 2.67 bits per heavy atom. The number of aliphatic hydroxyl groups excluding tert-OH is 1. The monoisotopic (exact) mass is 490 g/mol. The van der Waals surface area contributed by atoms with E-state index in [1.165, 1.54) is 18.6 Å². The van der Waals surface area contributed by atoms with Crippen LogP contribution < -0.4 is 3.22 Å². The van der Waals surface area contributed by atoms with Crippen molar-refractivity contribution in [2.24, 2.45) is 0 Å². The van der Waals surface area contributed by atoms with Crippen LogP contribution in [-0.4, -0.2) is 60.8 Å². The van der Waals surface area contributed by atoms with Crippen LogP contribution in [0.3, 0.4) is 0 Å². The van der Waals surface area contributed by atoms with E-state index in [-0.39, 0.29) is 12.4 Å². The Morgan fingerprint density at radius 1 is 1.39 bits per heavy atom. The normalized spacial score (nSPS) is 12.4. The fourth-order valence-electron chi connectivity index (χ4n) is 1.02. The fraction of sp³-hybridized carbons (Fsp3) is 0.909. The minimum absolute atomic E-state index is 0.216. The molecule has 108 valence electrons. The van der Waals surface area contributed by atoms with Gasteiger partial charge in [0, 0.05) is 0 Å². The molecule has 7 heteroatoms. The first-order chi connectivity index (χ1) is 8.70. The molecule has 0 aliphatic carbocycles. The Balaban J connectivity index is 3.20. The van der Waals surface area contributed by atoms with Gasteiger partial charge in [-0.25, -0.2) is 0 Å². The van der Waals surface area contributed by atoms with Crippen LogP contribution in [0.15, 0.2) is 0 Å². The van der Waals surface area contributed by atoms with Gasteiger partial charge in [-0.2, -0.15) is 0 Å². The molecule has 0 radical (unpaired) electrons. The summed E-state index contributed by atoms with van der Waals surface area (Å²) in [4.78, 5) is 11.3. The second-order valence-electron chi connectivity index (χ2n) is 3.76. The van der Waals surface area contributed by atoms with E-state index in [0.29, 0.717) is 13.0 Å². The number of hydrogen-bond acceptors (Lipinski definition) is 6. The topological polar surface area (TPSA) is 58.6 Å². The zero-order valence-electron chi connectivity index (χ0n) is 10.8. The molecular weight excluding hydrogens is 467 g/mol. The van der Waals surface area contributed by atoms with Crippen molar-refractivity contribution < 1.29 is 14.6 Å². The van der Waals surface area contributed by atoms with Crippen LogP contribution >= 0.6 is 21.6 Å². The van der Waals surface area contributed by atoms with Gasteiger partial charge in [-0.3, -0.25) is 0 Å². The SMILES string of the molecule is CCCCSSCCCOC(=O)CCC(O)[NH][PoH]. The number of carbonyl (C=O) groups excluding carboxylic acids is 1. The van der Waals surface area contributed by atoms with Crippen molar-refractivity contribution in [2.45, 2.75) is 45.3 Å². The number of unbranched alkanes of at least 4 members (excludes halogenated alkanes) is 1. The van der Waals surface area contributed by atoms with Gasteiger partial charge in [0.1, 0.15) is 0 Å². The standard InChI is InChI=1S/C11H22NO3S2.Po.H/c1-2-3-8-16-17-9-4-7-15-11(14)6-5-10(12)13;;/h10,12-13H,2-9H2,1H3;;/q-1;+1;. The molecule has 0 bridgehead atoms. The quantitative estimate of drug-likeness (QED) is 0.188. The molecule has 0 amide bonds. The van der Waals surface area contributed by atoms with Crippen LogP contribution in [0.5, 0.6) is 0 Å². The van der Waals surface area contributed by atoms with E-state index < -0.39 is 6.23 Å². The van der Waals surface area contributed by atoms with Crippen LogP contribution in [0, 0.1) is 0 Å². The Labute approximate surface area is 133 Å². The first kappa shape index (κ1) is 19.0. The molecule has 0 aromatic carbocycles. The van der Waals surface area contributed by atoms with Crippen LogP contribution in [0.25, 0.3) is 0 Å². The summed E-state index contributed by atoms with van der Waals surface area (Å²) in [6.45, 7) is 2.68. The van der Waals surface area contributed by atoms with E-state index >= 15 is 0 Å². The molecule has 0 saturated carbocycles. The van der Waals surface area contributed by atoms with Gasteiger partial charge < -0.3 is 0 Å². The predicted octanol–water partition coefficient (Wildman–Crippen LogP) is 1.61. The zero-order valence-corrected chi connectivity index (χ0v) is 15.9. The summed E-state index contributed by atoms with van der Waals surface area (Å²) in [6.07, 6.45) is 3.54. The summed E-state index contributed by atoms with van der Waals surface area (Å²) in [5.74, 6) is 2.00. The average Bonchev–Trinajstić information content (AvgIpc) is 2.39. The third kappa shape index (κ3) is 13.4. The predicted molar refractivity (Wildman–Crippen MR) is 80.9 cm³/mol. The summed E-state index contributed by atoms with van der Waals surface area (Å²) in [6, 6.07) is 0. The van der Waals surface area contributed by atoms with E-state index in [1.54, 1.807) is 0 Å². The first-order valence-corrected chi connectivity index (χ1v) is 10.4. The maximum absolute atomic E-state index is 11.3. The summed E-state index contributed by atoms with van der Waals surface area (Å²) in [5, 5.41) is 9.22. The first-order valence-electron chi connectivity index (χ1n) is 6.18. The van der Waals surface area contributed by atoms with Crippen molar-refractivity contribution in [1.29, 1.82) is 0 Å². The van der Waals surface area contributed by atoms with Crippen LogP contribution in [0.2, 0.25) is 0 Å². The molecule has 0 aliphatic heterocycles. The molecule has 4 nitrogen and oxygen atoms in total. The Morgan fingerprint density at radius 2 is 2.06 bits per heavy atom. The van der Waals surface area contributed by atoms with Crippen LogP contribution in [-0.2, 0) is 9.53 Å². The number of aliphatic hydroxyl groups is 1. The fourth-order valence-corrected chi connectivity index (χ4v) is 3.81. The molecule has 0 spiro atoms. The van der Waals surface area contributed by atoms with Crippen molar-refractivity contribution >= 4 is 52.9 Å². The van der Waals surface area contributed by atoms with Gasteiger partial charge in [-0.15, -0.1) is 0 Å². The molecule has 1 unspecified atom stereocenters. The second kappa shape index (κ2) is 14.4. The number of hydrogen-bond donors (Lipinski definition) is 2. The van der Waals surface area contributed by atoms with Gasteiger partial charge in [-0.05, 0) is 6.42 Å². The van der Waals surface area contributed by atoms with Crippen molar-refractivity contribution in [1.82, 2.24) is 3.22 Å². The summed E-state index contributed by atoms with van der Waals surface area (Å²) < 4.78 is 7.85. The van der Waals surface area contributed by atoms with Gasteiger partial charge in [0.25, 0.3) is 0 Å². The summed E-state index contributed by atoms with van der Waals surface area (Å²) in [5.41, 5.74) is 0. The van der Waals surface area contributed by atoms with Crippen LogP contribution in [0.1, 0.15) is 39.0 Å². The minimum atomic E-state index is -0.573. The van der Waals surface area contributed by atoms with E-state index in [4.69, 9.17) is 4.74 Å².